The third-order valence-corrected chi connectivity index (χ3v) is 3.40. The van der Waals surface area contributed by atoms with Gasteiger partial charge in [0.25, 0.3) is 0 Å². The standard InChI is InChI=1S/C16H15FN4O3/c1-10-7-8-21(16(22)19-10)12-9-18-15(20-14(12)23-2)24-13-6-4-3-5-11(13)17/h3-6,9H,1,7-8H2,2H3,(H,19,22). The van der Waals surface area contributed by atoms with Gasteiger partial charge in [-0.3, -0.25) is 4.90 Å². The SMILES string of the molecule is C=C1CCN(c2cnc(Oc3ccccc3F)nc2OC)C(=O)N1. The number of amides is 2. The maximum absolute atomic E-state index is 13.6. The zero-order valence-corrected chi connectivity index (χ0v) is 13.0. The average molecular weight is 330 g/mol. The van der Waals surface area contributed by atoms with Crippen molar-refractivity contribution in [2.75, 3.05) is 18.6 Å². The average Bonchev–Trinajstić information content (AvgIpc) is 2.57. The molecule has 24 heavy (non-hydrogen) atoms. The second-order valence-electron chi connectivity index (χ2n) is 5.01. The van der Waals surface area contributed by atoms with Gasteiger partial charge in [-0.15, -0.1) is 0 Å². The molecular weight excluding hydrogens is 315 g/mol. The van der Waals surface area contributed by atoms with E-state index in [1.807, 2.05) is 0 Å². The fourth-order valence-electron chi connectivity index (χ4n) is 2.21. The van der Waals surface area contributed by atoms with Crippen molar-refractivity contribution >= 4 is 11.7 Å². The van der Waals surface area contributed by atoms with Gasteiger partial charge in [-0.2, -0.15) is 4.98 Å². The van der Waals surface area contributed by atoms with Crippen molar-refractivity contribution in [3.63, 3.8) is 0 Å². The quantitative estimate of drug-likeness (QED) is 0.933. The lowest BCUT2D eigenvalue weighted by molar-refractivity contribution is 0.245. The maximum Gasteiger partial charge on any atom is 0.326 e. The van der Waals surface area contributed by atoms with Crippen molar-refractivity contribution in [3.05, 3.63) is 48.6 Å². The van der Waals surface area contributed by atoms with Crippen LogP contribution in [0.25, 0.3) is 0 Å². The third-order valence-electron chi connectivity index (χ3n) is 3.40. The number of hydrogen-bond donors (Lipinski definition) is 1. The molecule has 2 heterocycles. The molecule has 124 valence electrons. The van der Waals surface area contributed by atoms with Gasteiger partial charge in [0, 0.05) is 18.7 Å². The van der Waals surface area contributed by atoms with Crippen LogP contribution in [0.15, 0.2) is 42.7 Å². The van der Waals surface area contributed by atoms with Gasteiger partial charge in [-0.1, -0.05) is 18.7 Å². The van der Waals surface area contributed by atoms with Crippen molar-refractivity contribution in [1.29, 1.82) is 0 Å². The molecule has 1 aromatic carbocycles. The van der Waals surface area contributed by atoms with Crippen LogP contribution in [0, 0.1) is 5.82 Å². The lowest BCUT2D eigenvalue weighted by Gasteiger charge is -2.28. The normalized spacial score (nSPS) is 14.3. The van der Waals surface area contributed by atoms with Crippen LogP contribution in [0.2, 0.25) is 0 Å². The Hall–Kier alpha value is -3.16. The minimum Gasteiger partial charge on any atom is -0.479 e. The summed E-state index contributed by atoms with van der Waals surface area (Å²) in [5.74, 6) is -0.378. The van der Waals surface area contributed by atoms with E-state index in [4.69, 9.17) is 9.47 Å². The van der Waals surface area contributed by atoms with Crippen LogP contribution < -0.4 is 19.7 Å². The number of para-hydroxylation sites is 1. The summed E-state index contributed by atoms with van der Waals surface area (Å²) in [6, 6.07) is 5.50. The molecule has 1 saturated heterocycles. The van der Waals surface area contributed by atoms with Gasteiger partial charge >= 0.3 is 12.0 Å². The summed E-state index contributed by atoms with van der Waals surface area (Å²) in [5.41, 5.74) is 1.04. The number of rotatable bonds is 4. The minimum atomic E-state index is -0.530. The lowest BCUT2D eigenvalue weighted by Crippen LogP contribution is -2.45. The Morgan fingerprint density at radius 1 is 1.38 bits per heavy atom. The molecule has 0 aliphatic carbocycles. The molecule has 1 aromatic heterocycles. The van der Waals surface area contributed by atoms with Crippen molar-refractivity contribution in [2.45, 2.75) is 6.42 Å². The number of aromatic nitrogens is 2. The summed E-state index contributed by atoms with van der Waals surface area (Å²) in [5, 5.41) is 2.64. The van der Waals surface area contributed by atoms with Gasteiger partial charge in [-0.25, -0.2) is 14.2 Å². The number of methoxy groups -OCH3 is 1. The second-order valence-corrected chi connectivity index (χ2v) is 5.01. The Morgan fingerprint density at radius 2 is 2.17 bits per heavy atom. The van der Waals surface area contributed by atoms with Crippen LogP contribution in [0.4, 0.5) is 14.9 Å². The fraction of sp³-hybridized carbons (Fsp3) is 0.188. The highest BCUT2D eigenvalue weighted by atomic mass is 19.1. The molecule has 3 rings (SSSR count). The summed E-state index contributed by atoms with van der Waals surface area (Å²) < 4.78 is 24.2. The first-order valence-corrected chi connectivity index (χ1v) is 7.18. The number of benzene rings is 1. The number of carbonyl (C=O) groups excluding carboxylic acids is 1. The van der Waals surface area contributed by atoms with Gasteiger partial charge in [0.2, 0.25) is 5.88 Å². The van der Waals surface area contributed by atoms with E-state index in [1.165, 1.54) is 30.3 Å². The van der Waals surface area contributed by atoms with E-state index in [9.17, 15) is 9.18 Å². The molecule has 0 spiro atoms. The number of nitrogens with one attached hydrogen (secondary N) is 1. The highest BCUT2D eigenvalue weighted by Crippen LogP contribution is 2.30. The Labute approximate surface area is 137 Å². The predicted octanol–water partition coefficient (Wildman–Crippen LogP) is 2.85. The van der Waals surface area contributed by atoms with Crippen LogP contribution in [-0.4, -0.2) is 29.7 Å². The number of ether oxygens (including phenoxy) is 2. The largest absolute Gasteiger partial charge is 0.479 e. The zero-order chi connectivity index (χ0) is 17.1. The third kappa shape index (κ3) is 3.12. The van der Waals surface area contributed by atoms with Crippen LogP contribution in [0.3, 0.4) is 0 Å². The van der Waals surface area contributed by atoms with Gasteiger partial charge in [0.05, 0.1) is 13.3 Å². The molecule has 0 atom stereocenters. The second kappa shape index (κ2) is 6.53. The van der Waals surface area contributed by atoms with Gasteiger partial charge in [0.15, 0.2) is 11.6 Å². The van der Waals surface area contributed by atoms with Gasteiger partial charge in [-0.05, 0) is 12.1 Å². The summed E-state index contributed by atoms with van der Waals surface area (Å²) in [6.07, 6.45) is 2.00. The number of hydrogen-bond acceptors (Lipinski definition) is 5. The van der Waals surface area contributed by atoms with E-state index in [0.717, 1.165) is 0 Å². The molecule has 0 saturated carbocycles. The van der Waals surface area contributed by atoms with Gasteiger partial charge < -0.3 is 14.8 Å². The first-order chi connectivity index (χ1) is 11.6. The van der Waals surface area contributed by atoms with Crippen LogP contribution >= 0.6 is 0 Å². The van der Waals surface area contributed by atoms with E-state index in [-0.39, 0.29) is 23.7 Å². The molecule has 2 amide bonds. The van der Waals surface area contributed by atoms with E-state index in [0.29, 0.717) is 24.4 Å². The van der Waals surface area contributed by atoms with E-state index >= 15 is 0 Å². The van der Waals surface area contributed by atoms with Crippen molar-refractivity contribution in [3.8, 4) is 17.6 Å². The predicted molar refractivity (Wildman–Crippen MR) is 84.7 cm³/mol. The summed E-state index contributed by atoms with van der Waals surface area (Å²) >= 11 is 0. The summed E-state index contributed by atoms with van der Waals surface area (Å²) in [6.45, 7) is 4.16. The highest BCUT2D eigenvalue weighted by molar-refractivity contribution is 5.95. The maximum atomic E-state index is 13.6. The Bertz CT molecular complexity index is 797. The van der Waals surface area contributed by atoms with E-state index in [1.54, 1.807) is 12.1 Å². The lowest BCUT2D eigenvalue weighted by atomic mass is 10.2. The first kappa shape index (κ1) is 15.7. The molecule has 0 radical (unpaired) electrons. The van der Waals surface area contributed by atoms with E-state index < -0.39 is 5.82 Å². The van der Waals surface area contributed by atoms with Crippen LogP contribution in [0.5, 0.6) is 17.6 Å². The number of carbonyl (C=O) groups is 1. The highest BCUT2D eigenvalue weighted by Gasteiger charge is 2.25. The molecule has 0 unspecified atom stereocenters. The first-order valence-electron chi connectivity index (χ1n) is 7.18. The van der Waals surface area contributed by atoms with Crippen LogP contribution in [-0.2, 0) is 0 Å². The number of nitrogens with zero attached hydrogens (tertiary/aromatic N) is 3. The van der Waals surface area contributed by atoms with Crippen molar-refractivity contribution in [2.24, 2.45) is 0 Å². The molecule has 1 N–H and O–H groups in total. The molecule has 1 fully saturated rings. The molecule has 8 heteroatoms. The molecule has 1 aliphatic heterocycles. The molecule has 0 bridgehead atoms. The zero-order valence-electron chi connectivity index (χ0n) is 13.0. The van der Waals surface area contributed by atoms with Crippen molar-refractivity contribution in [1.82, 2.24) is 15.3 Å². The number of urea groups is 1. The number of anilines is 1. The molecular formula is C16H15FN4O3. The minimum absolute atomic E-state index is 0.000632. The van der Waals surface area contributed by atoms with Crippen LogP contribution in [0.1, 0.15) is 6.42 Å². The Morgan fingerprint density at radius 3 is 2.88 bits per heavy atom. The van der Waals surface area contributed by atoms with Gasteiger partial charge in [0.1, 0.15) is 5.69 Å². The number of halogens is 1. The smallest absolute Gasteiger partial charge is 0.326 e. The van der Waals surface area contributed by atoms with Crippen molar-refractivity contribution < 1.29 is 18.7 Å². The summed E-state index contributed by atoms with van der Waals surface area (Å²) in [7, 11) is 1.42. The Balaban J connectivity index is 1.87. The molecule has 1 aliphatic rings. The monoisotopic (exact) mass is 330 g/mol. The topological polar surface area (TPSA) is 76.6 Å². The fourth-order valence-corrected chi connectivity index (χ4v) is 2.21. The Kier molecular flexibility index (Phi) is 4.28. The summed E-state index contributed by atoms with van der Waals surface area (Å²) in [4.78, 5) is 21.6. The van der Waals surface area contributed by atoms with E-state index in [2.05, 4.69) is 21.9 Å². The molecule has 2 aromatic rings. The molecule has 7 nitrogen and oxygen atoms in total.